The van der Waals surface area contributed by atoms with Crippen LogP contribution in [0.5, 0.6) is 5.75 Å². The Morgan fingerprint density at radius 2 is 2.10 bits per heavy atom. The lowest BCUT2D eigenvalue weighted by atomic mass is 10.0. The van der Waals surface area contributed by atoms with Crippen LogP contribution < -0.4 is 10.1 Å². The molecular weight excluding hydrogens is 262 g/mol. The highest BCUT2D eigenvalue weighted by Gasteiger charge is 2.15. The Labute approximate surface area is 126 Å². The lowest BCUT2D eigenvalue weighted by molar-refractivity contribution is 0.317. The normalized spacial score (nSPS) is 12.1. The zero-order valence-electron chi connectivity index (χ0n) is 12.7. The van der Waals surface area contributed by atoms with Gasteiger partial charge in [-0.1, -0.05) is 26.0 Å². The van der Waals surface area contributed by atoms with Gasteiger partial charge in [0.1, 0.15) is 5.75 Å². The molecule has 1 unspecified atom stereocenters. The number of aromatic nitrogens is 2. The molecule has 1 heterocycles. The summed E-state index contributed by atoms with van der Waals surface area (Å²) in [7, 11) is 0. The Morgan fingerprint density at radius 1 is 1.19 bits per heavy atom. The zero-order valence-corrected chi connectivity index (χ0v) is 12.7. The monoisotopic (exact) mass is 285 g/mol. The van der Waals surface area contributed by atoms with Gasteiger partial charge in [0.05, 0.1) is 24.5 Å². The molecule has 4 heteroatoms. The van der Waals surface area contributed by atoms with E-state index in [1.807, 2.05) is 18.3 Å². The molecule has 1 atom stereocenters. The van der Waals surface area contributed by atoms with E-state index in [2.05, 4.69) is 41.3 Å². The highest BCUT2D eigenvalue weighted by atomic mass is 16.5. The maximum absolute atomic E-state index is 5.72. The number of rotatable bonds is 8. The first-order chi connectivity index (χ1) is 10.3. The van der Waals surface area contributed by atoms with Gasteiger partial charge in [-0.25, -0.2) is 0 Å². The zero-order chi connectivity index (χ0) is 14.9. The summed E-state index contributed by atoms with van der Waals surface area (Å²) in [6.45, 7) is 5.93. The smallest absolute Gasteiger partial charge is 0.119 e. The Bertz CT molecular complexity index is 531. The van der Waals surface area contributed by atoms with Gasteiger partial charge in [-0.2, -0.15) is 0 Å². The summed E-state index contributed by atoms with van der Waals surface area (Å²) in [5, 5.41) is 3.53. The van der Waals surface area contributed by atoms with Crippen molar-refractivity contribution in [3.63, 3.8) is 0 Å². The molecule has 0 bridgehead atoms. The van der Waals surface area contributed by atoms with E-state index in [9.17, 15) is 0 Å². The maximum Gasteiger partial charge on any atom is 0.119 e. The standard InChI is InChI=1S/C17H23N3O/c1-3-8-20-17(16-13-18-9-10-19-16)14-6-5-7-15(12-14)21-11-4-2/h5-7,9-10,12-13,17,20H,3-4,8,11H2,1-2H3. The minimum Gasteiger partial charge on any atom is -0.494 e. The molecule has 0 aliphatic carbocycles. The highest BCUT2D eigenvalue weighted by molar-refractivity contribution is 5.34. The molecule has 1 aromatic carbocycles. The predicted octanol–water partition coefficient (Wildman–Crippen LogP) is 3.35. The summed E-state index contributed by atoms with van der Waals surface area (Å²) in [4.78, 5) is 8.61. The van der Waals surface area contributed by atoms with Crippen LogP contribution >= 0.6 is 0 Å². The van der Waals surface area contributed by atoms with Gasteiger partial charge < -0.3 is 10.1 Å². The average molecular weight is 285 g/mol. The van der Waals surface area contributed by atoms with Crippen LogP contribution in [0.15, 0.2) is 42.9 Å². The molecule has 112 valence electrons. The third-order valence-electron chi connectivity index (χ3n) is 3.14. The molecule has 4 nitrogen and oxygen atoms in total. The van der Waals surface area contributed by atoms with Crippen LogP contribution in [-0.4, -0.2) is 23.1 Å². The summed E-state index contributed by atoms with van der Waals surface area (Å²) in [5.74, 6) is 0.904. The summed E-state index contributed by atoms with van der Waals surface area (Å²) in [6.07, 6.45) is 7.32. The topological polar surface area (TPSA) is 47.0 Å². The van der Waals surface area contributed by atoms with Crippen molar-refractivity contribution in [1.82, 2.24) is 15.3 Å². The quantitative estimate of drug-likeness (QED) is 0.808. The molecular formula is C17H23N3O. The number of hydrogen-bond acceptors (Lipinski definition) is 4. The number of ether oxygens (including phenoxy) is 1. The summed E-state index contributed by atoms with van der Waals surface area (Å²) >= 11 is 0. The van der Waals surface area contributed by atoms with Crippen LogP contribution in [0.2, 0.25) is 0 Å². The molecule has 2 rings (SSSR count). The molecule has 0 radical (unpaired) electrons. The van der Waals surface area contributed by atoms with Crippen LogP contribution in [0.4, 0.5) is 0 Å². The van der Waals surface area contributed by atoms with Crippen molar-refractivity contribution in [2.45, 2.75) is 32.7 Å². The Morgan fingerprint density at radius 3 is 2.81 bits per heavy atom. The van der Waals surface area contributed by atoms with Crippen molar-refractivity contribution in [2.24, 2.45) is 0 Å². The number of benzene rings is 1. The van der Waals surface area contributed by atoms with Crippen LogP contribution in [0, 0.1) is 0 Å². The van der Waals surface area contributed by atoms with E-state index in [0.717, 1.165) is 43.0 Å². The lowest BCUT2D eigenvalue weighted by Gasteiger charge is -2.19. The molecule has 2 aromatic rings. The third-order valence-corrected chi connectivity index (χ3v) is 3.14. The first kappa shape index (κ1) is 15.4. The molecule has 0 saturated heterocycles. The van der Waals surface area contributed by atoms with Gasteiger partial charge in [0.15, 0.2) is 0 Å². The van der Waals surface area contributed by atoms with Gasteiger partial charge in [0.2, 0.25) is 0 Å². The minimum atomic E-state index is 0.0452. The molecule has 0 aliphatic rings. The highest BCUT2D eigenvalue weighted by Crippen LogP contribution is 2.23. The van der Waals surface area contributed by atoms with Crippen molar-refractivity contribution in [3.8, 4) is 5.75 Å². The largest absolute Gasteiger partial charge is 0.494 e. The lowest BCUT2D eigenvalue weighted by Crippen LogP contribution is -2.24. The fourth-order valence-electron chi connectivity index (χ4n) is 2.15. The number of nitrogens with one attached hydrogen (secondary N) is 1. The van der Waals surface area contributed by atoms with Crippen LogP contribution in [-0.2, 0) is 0 Å². The van der Waals surface area contributed by atoms with Gasteiger partial charge in [0.25, 0.3) is 0 Å². The fraction of sp³-hybridized carbons (Fsp3) is 0.412. The molecule has 1 aromatic heterocycles. The predicted molar refractivity (Wildman–Crippen MR) is 84.4 cm³/mol. The summed E-state index contributed by atoms with van der Waals surface area (Å²) in [6, 6.07) is 8.24. The van der Waals surface area contributed by atoms with E-state index in [0.29, 0.717) is 0 Å². The number of hydrogen-bond donors (Lipinski definition) is 1. The minimum absolute atomic E-state index is 0.0452. The Hall–Kier alpha value is -1.94. The second-order valence-electron chi connectivity index (χ2n) is 4.94. The molecule has 0 saturated carbocycles. The van der Waals surface area contributed by atoms with Crippen molar-refractivity contribution >= 4 is 0 Å². The van der Waals surface area contributed by atoms with E-state index in [1.165, 1.54) is 0 Å². The van der Waals surface area contributed by atoms with Crippen LogP contribution in [0.3, 0.4) is 0 Å². The van der Waals surface area contributed by atoms with Gasteiger partial charge in [-0.3, -0.25) is 9.97 Å². The van der Waals surface area contributed by atoms with E-state index < -0.39 is 0 Å². The molecule has 0 fully saturated rings. The SMILES string of the molecule is CCCNC(c1cccc(OCCC)c1)c1cnccn1. The molecule has 21 heavy (non-hydrogen) atoms. The third kappa shape index (κ3) is 4.53. The van der Waals surface area contributed by atoms with Gasteiger partial charge >= 0.3 is 0 Å². The molecule has 0 spiro atoms. The van der Waals surface area contributed by atoms with Crippen LogP contribution in [0.25, 0.3) is 0 Å². The summed E-state index contributed by atoms with van der Waals surface area (Å²) in [5.41, 5.74) is 2.08. The van der Waals surface area contributed by atoms with Gasteiger partial charge in [-0.15, -0.1) is 0 Å². The molecule has 0 amide bonds. The molecule has 1 N–H and O–H groups in total. The van der Waals surface area contributed by atoms with E-state index >= 15 is 0 Å². The van der Waals surface area contributed by atoms with E-state index in [1.54, 1.807) is 12.4 Å². The van der Waals surface area contributed by atoms with Crippen molar-refractivity contribution in [2.75, 3.05) is 13.2 Å². The van der Waals surface area contributed by atoms with E-state index in [-0.39, 0.29) is 6.04 Å². The number of nitrogens with zero attached hydrogens (tertiary/aromatic N) is 2. The second-order valence-corrected chi connectivity index (χ2v) is 4.94. The first-order valence-electron chi connectivity index (χ1n) is 7.57. The maximum atomic E-state index is 5.72. The first-order valence-corrected chi connectivity index (χ1v) is 7.57. The van der Waals surface area contributed by atoms with Crippen LogP contribution in [0.1, 0.15) is 44.0 Å². The van der Waals surface area contributed by atoms with Gasteiger partial charge in [-0.05, 0) is 37.1 Å². The average Bonchev–Trinajstić information content (AvgIpc) is 2.55. The van der Waals surface area contributed by atoms with Crippen molar-refractivity contribution in [3.05, 3.63) is 54.1 Å². The van der Waals surface area contributed by atoms with Gasteiger partial charge in [0, 0.05) is 12.4 Å². The second kappa shape index (κ2) is 8.37. The molecule has 0 aliphatic heterocycles. The Kier molecular flexibility index (Phi) is 6.16. The Balaban J connectivity index is 2.23. The van der Waals surface area contributed by atoms with Crippen molar-refractivity contribution in [1.29, 1.82) is 0 Å². The van der Waals surface area contributed by atoms with Crippen molar-refractivity contribution < 1.29 is 4.74 Å². The summed E-state index contributed by atoms with van der Waals surface area (Å²) < 4.78 is 5.72. The fourth-order valence-corrected chi connectivity index (χ4v) is 2.15. The van der Waals surface area contributed by atoms with E-state index in [4.69, 9.17) is 4.74 Å².